The summed E-state index contributed by atoms with van der Waals surface area (Å²) in [5.74, 6) is 0.820. The topological polar surface area (TPSA) is 96.0 Å². The fourth-order valence-electron chi connectivity index (χ4n) is 2.23. The van der Waals surface area contributed by atoms with E-state index in [1.807, 2.05) is 0 Å². The Morgan fingerprint density at radius 3 is 2.89 bits per heavy atom. The normalized spacial score (nSPS) is 23.2. The van der Waals surface area contributed by atoms with Crippen LogP contribution < -0.4 is 5.73 Å². The number of piperidine rings is 1. The quantitative estimate of drug-likeness (QED) is 0.314. The summed E-state index contributed by atoms with van der Waals surface area (Å²) in [6.45, 7) is 4.14. The number of hydrogen-bond acceptors (Lipinski definition) is 5. The third-order valence-electron chi connectivity index (χ3n) is 3.41. The Bertz CT molecular complexity index is 381. The molecular weight excluding hydrogens is 254 g/mol. The minimum absolute atomic E-state index is 0.0894. The summed E-state index contributed by atoms with van der Waals surface area (Å²) in [7, 11) is -2.87. The number of nitrogens with two attached hydrogens (primary N) is 1. The molecule has 106 valence electrons. The van der Waals surface area contributed by atoms with Gasteiger partial charge in [-0.25, -0.2) is 8.42 Å². The third kappa shape index (κ3) is 4.81. The van der Waals surface area contributed by atoms with Gasteiger partial charge in [-0.3, -0.25) is 0 Å². The van der Waals surface area contributed by atoms with Crippen LogP contribution in [0.2, 0.25) is 0 Å². The Morgan fingerprint density at radius 1 is 1.56 bits per heavy atom. The Kier molecular flexibility index (Phi) is 5.87. The first-order valence-corrected chi connectivity index (χ1v) is 8.21. The van der Waals surface area contributed by atoms with Crippen LogP contribution in [0.25, 0.3) is 0 Å². The maximum Gasteiger partial charge on any atom is 0.150 e. The summed E-state index contributed by atoms with van der Waals surface area (Å²) in [4.78, 5) is 2.19. The first kappa shape index (κ1) is 15.2. The molecule has 0 saturated carbocycles. The Hall–Kier alpha value is -0.820. The monoisotopic (exact) mass is 277 g/mol. The molecule has 1 saturated heterocycles. The molecule has 0 aromatic rings. The van der Waals surface area contributed by atoms with Crippen molar-refractivity contribution in [3.8, 4) is 0 Å². The van der Waals surface area contributed by atoms with Crippen molar-refractivity contribution in [1.29, 1.82) is 0 Å². The van der Waals surface area contributed by atoms with Crippen molar-refractivity contribution in [2.45, 2.75) is 26.2 Å². The lowest BCUT2D eigenvalue weighted by Crippen LogP contribution is -2.41. The van der Waals surface area contributed by atoms with Crippen molar-refractivity contribution in [2.75, 3.05) is 31.1 Å². The number of sulfone groups is 1. The van der Waals surface area contributed by atoms with E-state index >= 15 is 0 Å². The number of hydrogen-bond donors (Lipinski definition) is 2. The number of nitrogens with zero attached hydrogens (tertiary/aromatic N) is 2. The van der Waals surface area contributed by atoms with E-state index < -0.39 is 9.84 Å². The summed E-state index contributed by atoms with van der Waals surface area (Å²) in [6.07, 6.45) is 2.58. The molecule has 0 amide bonds. The van der Waals surface area contributed by atoms with Crippen LogP contribution in [0.4, 0.5) is 0 Å². The second kappa shape index (κ2) is 6.94. The van der Waals surface area contributed by atoms with Gasteiger partial charge in [0.15, 0.2) is 0 Å². The van der Waals surface area contributed by atoms with Gasteiger partial charge < -0.3 is 15.8 Å². The van der Waals surface area contributed by atoms with E-state index in [1.54, 1.807) is 6.92 Å². The van der Waals surface area contributed by atoms with Crippen LogP contribution in [-0.4, -0.2) is 55.5 Å². The number of likely N-dealkylation sites (tertiary alicyclic amines) is 1. The SMILES string of the molecule is CCS(=O)(=O)CCCN1CCCC(C(N)=NO)C1. The molecule has 0 aliphatic carbocycles. The van der Waals surface area contributed by atoms with Crippen LogP contribution >= 0.6 is 0 Å². The Labute approximate surface area is 109 Å². The van der Waals surface area contributed by atoms with Gasteiger partial charge >= 0.3 is 0 Å². The van der Waals surface area contributed by atoms with Gasteiger partial charge in [0.1, 0.15) is 15.7 Å². The summed E-state index contributed by atoms with van der Waals surface area (Å²) < 4.78 is 22.7. The summed E-state index contributed by atoms with van der Waals surface area (Å²) in [5.41, 5.74) is 5.61. The molecule has 1 aliphatic heterocycles. The van der Waals surface area contributed by atoms with Crippen LogP contribution in [0.3, 0.4) is 0 Å². The first-order valence-electron chi connectivity index (χ1n) is 6.38. The van der Waals surface area contributed by atoms with Gasteiger partial charge in [-0.1, -0.05) is 12.1 Å². The lowest BCUT2D eigenvalue weighted by Gasteiger charge is -2.31. The lowest BCUT2D eigenvalue weighted by atomic mass is 9.97. The molecule has 1 fully saturated rings. The lowest BCUT2D eigenvalue weighted by molar-refractivity contribution is 0.201. The fourth-order valence-corrected chi connectivity index (χ4v) is 3.09. The molecule has 1 heterocycles. The minimum Gasteiger partial charge on any atom is -0.409 e. The molecule has 7 heteroatoms. The molecule has 1 atom stereocenters. The zero-order valence-corrected chi connectivity index (χ0v) is 11.7. The van der Waals surface area contributed by atoms with Gasteiger partial charge in [0.25, 0.3) is 0 Å². The maximum absolute atomic E-state index is 11.4. The van der Waals surface area contributed by atoms with Crippen molar-refractivity contribution in [1.82, 2.24) is 4.90 Å². The molecule has 18 heavy (non-hydrogen) atoms. The first-order chi connectivity index (χ1) is 8.48. The van der Waals surface area contributed by atoms with Crippen LogP contribution in [-0.2, 0) is 9.84 Å². The van der Waals surface area contributed by atoms with Crippen LogP contribution in [0.15, 0.2) is 5.16 Å². The second-order valence-corrected chi connectivity index (χ2v) is 7.23. The van der Waals surface area contributed by atoms with Crippen LogP contribution in [0.5, 0.6) is 0 Å². The molecule has 1 aliphatic rings. The van der Waals surface area contributed by atoms with E-state index in [4.69, 9.17) is 10.9 Å². The van der Waals surface area contributed by atoms with Crippen molar-refractivity contribution < 1.29 is 13.6 Å². The van der Waals surface area contributed by atoms with Crippen molar-refractivity contribution in [3.05, 3.63) is 0 Å². The minimum atomic E-state index is -2.87. The molecule has 0 aromatic heterocycles. The third-order valence-corrected chi connectivity index (χ3v) is 5.20. The number of rotatable bonds is 6. The Balaban J connectivity index is 2.35. The van der Waals surface area contributed by atoms with E-state index in [2.05, 4.69) is 10.1 Å². The zero-order chi connectivity index (χ0) is 13.6. The van der Waals surface area contributed by atoms with E-state index in [1.165, 1.54) is 0 Å². The average molecular weight is 277 g/mol. The van der Waals surface area contributed by atoms with Gasteiger partial charge in [0.2, 0.25) is 0 Å². The molecule has 6 nitrogen and oxygen atoms in total. The van der Waals surface area contributed by atoms with Crippen molar-refractivity contribution in [2.24, 2.45) is 16.8 Å². The van der Waals surface area contributed by atoms with Gasteiger partial charge in [0, 0.05) is 18.2 Å². The highest BCUT2D eigenvalue weighted by Crippen LogP contribution is 2.16. The van der Waals surface area contributed by atoms with Gasteiger partial charge in [-0.2, -0.15) is 0 Å². The molecule has 1 unspecified atom stereocenters. The molecule has 1 rings (SSSR count). The van der Waals surface area contributed by atoms with E-state index in [0.717, 1.165) is 32.5 Å². The molecule has 0 bridgehead atoms. The van der Waals surface area contributed by atoms with Crippen molar-refractivity contribution in [3.63, 3.8) is 0 Å². The Morgan fingerprint density at radius 2 is 2.28 bits per heavy atom. The summed E-state index contributed by atoms with van der Waals surface area (Å²) >= 11 is 0. The summed E-state index contributed by atoms with van der Waals surface area (Å²) in [5, 5.41) is 11.7. The van der Waals surface area contributed by atoms with Crippen LogP contribution in [0.1, 0.15) is 26.2 Å². The molecular formula is C11H23N3O3S. The highest BCUT2D eigenvalue weighted by molar-refractivity contribution is 7.91. The maximum atomic E-state index is 11.4. The van der Waals surface area contributed by atoms with E-state index in [0.29, 0.717) is 6.42 Å². The van der Waals surface area contributed by atoms with Crippen LogP contribution in [0, 0.1) is 5.92 Å². The predicted octanol–water partition coefficient (Wildman–Crippen LogP) is 0.270. The predicted molar refractivity (Wildman–Crippen MR) is 71.5 cm³/mol. The van der Waals surface area contributed by atoms with Gasteiger partial charge in [0.05, 0.1) is 5.75 Å². The van der Waals surface area contributed by atoms with E-state index in [9.17, 15) is 8.42 Å². The smallest absolute Gasteiger partial charge is 0.150 e. The van der Waals surface area contributed by atoms with Crippen molar-refractivity contribution >= 4 is 15.7 Å². The van der Waals surface area contributed by atoms with Gasteiger partial charge in [-0.15, -0.1) is 0 Å². The standard InChI is InChI=1S/C11H23N3O3S/c1-2-18(16,17)8-4-7-14-6-3-5-10(9-14)11(12)13-15/h10,15H,2-9H2,1H3,(H2,12,13). The number of amidine groups is 1. The zero-order valence-electron chi connectivity index (χ0n) is 10.9. The highest BCUT2D eigenvalue weighted by Gasteiger charge is 2.23. The molecule has 3 N–H and O–H groups in total. The van der Waals surface area contributed by atoms with E-state index in [-0.39, 0.29) is 23.3 Å². The molecule has 0 spiro atoms. The fraction of sp³-hybridized carbons (Fsp3) is 0.909. The average Bonchev–Trinajstić information content (AvgIpc) is 2.38. The summed E-state index contributed by atoms with van der Waals surface area (Å²) in [6, 6.07) is 0. The largest absolute Gasteiger partial charge is 0.409 e. The highest BCUT2D eigenvalue weighted by atomic mass is 32.2. The molecule has 0 aromatic carbocycles. The second-order valence-electron chi connectivity index (χ2n) is 4.75. The van der Waals surface area contributed by atoms with Gasteiger partial charge in [-0.05, 0) is 32.4 Å². The number of oxime groups is 1. The molecule has 0 radical (unpaired) electrons.